The number of aryl methyl sites for hydroxylation is 1. The average Bonchev–Trinajstić information content (AvgIpc) is 3.12. The molecule has 0 spiro atoms. The van der Waals surface area contributed by atoms with E-state index in [1.54, 1.807) is 11.0 Å². The zero-order valence-corrected chi connectivity index (χ0v) is 12.7. The standard InChI is InChI=1S/C15H25N5O/c1-2-6-20(14-8-12-3-4-13(9-14)18-12)15(21)5-7-19-11-16-10-17-19/h10-14,18H,2-9H2,1H3. The Hall–Kier alpha value is -1.43. The number of amides is 1. The van der Waals surface area contributed by atoms with E-state index in [9.17, 15) is 4.79 Å². The second-order valence-corrected chi connectivity index (χ2v) is 6.26. The van der Waals surface area contributed by atoms with Crippen molar-refractivity contribution in [1.29, 1.82) is 0 Å². The first-order valence-corrected chi connectivity index (χ1v) is 8.14. The van der Waals surface area contributed by atoms with Gasteiger partial charge in [-0.15, -0.1) is 0 Å². The molecular weight excluding hydrogens is 266 g/mol. The molecular formula is C15H25N5O. The molecule has 2 saturated heterocycles. The summed E-state index contributed by atoms with van der Waals surface area (Å²) in [4.78, 5) is 18.7. The van der Waals surface area contributed by atoms with Crippen molar-refractivity contribution in [2.75, 3.05) is 6.54 Å². The lowest BCUT2D eigenvalue weighted by Crippen LogP contribution is -2.50. The number of piperidine rings is 1. The Kier molecular flexibility index (Phi) is 4.53. The average molecular weight is 291 g/mol. The summed E-state index contributed by atoms with van der Waals surface area (Å²) in [6, 6.07) is 1.67. The molecule has 3 heterocycles. The number of aromatic nitrogens is 3. The maximum Gasteiger partial charge on any atom is 0.224 e. The highest BCUT2D eigenvalue weighted by Gasteiger charge is 2.37. The molecule has 2 unspecified atom stereocenters. The minimum Gasteiger partial charge on any atom is -0.340 e. The zero-order chi connectivity index (χ0) is 14.7. The van der Waals surface area contributed by atoms with Gasteiger partial charge in [-0.25, -0.2) is 4.98 Å². The van der Waals surface area contributed by atoms with Gasteiger partial charge in [0.05, 0.1) is 6.54 Å². The van der Waals surface area contributed by atoms with Crippen LogP contribution in [0, 0.1) is 0 Å². The van der Waals surface area contributed by atoms with Gasteiger partial charge in [0, 0.05) is 31.1 Å². The van der Waals surface area contributed by atoms with Crippen molar-refractivity contribution in [1.82, 2.24) is 25.0 Å². The monoisotopic (exact) mass is 291 g/mol. The van der Waals surface area contributed by atoms with Gasteiger partial charge in [0.15, 0.2) is 0 Å². The maximum atomic E-state index is 12.6. The summed E-state index contributed by atoms with van der Waals surface area (Å²) < 4.78 is 1.73. The smallest absolute Gasteiger partial charge is 0.224 e. The predicted octanol–water partition coefficient (Wildman–Crippen LogP) is 1.19. The lowest BCUT2D eigenvalue weighted by atomic mass is 9.97. The highest BCUT2D eigenvalue weighted by Crippen LogP contribution is 2.30. The molecule has 2 aliphatic heterocycles. The third kappa shape index (κ3) is 3.43. The van der Waals surface area contributed by atoms with Crippen molar-refractivity contribution >= 4 is 5.91 Å². The summed E-state index contributed by atoms with van der Waals surface area (Å²) >= 11 is 0. The van der Waals surface area contributed by atoms with E-state index in [0.29, 0.717) is 31.1 Å². The number of carbonyl (C=O) groups excluding carboxylic acids is 1. The molecule has 6 nitrogen and oxygen atoms in total. The van der Waals surface area contributed by atoms with Crippen molar-refractivity contribution in [2.45, 2.75) is 70.1 Å². The Morgan fingerprint density at radius 1 is 1.38 bits per heavy atom. The molecule has 2 bridgehead atoms. The van der Waals surface area contributed by atoms with Crippen LogP contribution in [0.15, 0.2) is 12.7 Å². The number of rotatable bonds is 6. The van der Waals surface area contributed by atoms with Gasteiger partial charge in [-0.1, -0.05) is 6.92 Å². The molecule has 1 N–H and O–H groups in total. The second kappa shape index (κ2) is 6.56. The van der Waals surface area contributed by atoms with Gasteiger partial charge in [0.2, 0.25) is 5.91 Å². The van der Waals surface area contributed by atoms with Crippen LogP contribution in [0.2, 0.25) is 0 Å². The second-order valence-electron chi connectivity index (χ2n) is 6.26. The largest absolute Gasteiger partial charge is 0.340 e. The van der Waals surface area contributed by atoms with Crippen LogP contribution >= 0.6 is 0 Å². The van der Waals surface area contributed by atoms with Gasteiger partial charge >= 0.3 is 0 Å². The Labute approximate surface area is 125 Å². The van der Waals surface area contributed by atoms with E-state index in [-0.39, 0.29) is 5.91 Å². The van der Waals surface area contributed by atoms with Crippen molar-refractivity contribution in [2.24, 2.45) is 0 Å². The quantitative estimate of drug-likeness (QED) is 0.855. The molecule has 116 valence electrons. The summed E-state index contributed by atoms with van der Waals surface area (Å²) in [5, 5.41) is 7.72. The van der Waals surface area contributed by atoms with Crippen molar-refractivity contribution < 1.29 is 4.79 Å². The lowest BCUT2D eigenvalue weighted by molar-refractivity contribution is -0.134. The summed E-state index contributed by atoms with van der Waals surface area (Å²) in [5.74, 6) is 0.263. The van der Waals surface area contributed by atoms with Crippen LogP contribution in [0.3, 0.4) is 0 Å². The van der Waals surface area contributed by atoms with E-state index in [0.717, 1.165) is 25.8 Å². The zero-order valence-electron chi connectivity index (χ0n) is 12.7. The Morgan fingerprint density at radius 2 is 2.14 bits per heavy atom. The first-order valence-electron chi connectivity index (χ1n) is 8.14. The third-order valence-corrected chi connectivity index (χ3v) is 4.70. The van der Waals surface area contributed by atoms with Crippen LogP contribution in [-0.4, -0.2) is 50.2 Å². The van der Waals surface area contributed by atoms with Crippen molar-refractivity contribution in [3.05, 3.63) is 12.7 Å². The minimum absolute atomic E-state index is 0.263. The number of nitrogens with one attached hydrogen (secondary N) is 1. The molecule has 0 radical (unpaired) electrons. The predicted molar refractivity (Wildman–Crippen MR) is 79.6 cm³/mol. The van der Waals surface area contributed by atoms with Crippen LogP contribution in [0.25, 0.3) is 0 Å². The van der Waals surface area contributed by atoms with Crippen molar-refractivity contribution in [3.63, 3.8) is 0 Å². The lowest BCUT2D eigenvalue weighted by Gasteiger charge is -2.38. The molecule has 3 rings (SSSR count). The molecule has 0 saturated carbocycles. The SMILES string of the molecule is CCCN(C(=O)CCn1cncn1)C1CC2CCC(C1)N2. The Bertz CT molecular complexity index is 449. The van der Waals surface area contributed by atoms with E-state index in [1.165, 1.54) is 19.2 Å². The number of hydrogen-bond acceptors (Lipinski definition) is 4. The van der Waals surface area contributed by atoms with E-state index < -0.39 is 0 Å². The van der Waals surface area contributed by atoms with Gasteiger partial charge in [-0.05, 0) is 32.1 Å². The molecule has 6 heteroatoms. The molecule has 1 amide bonds. The highest BCUT2D eigenvalue weighted by molar-refractivity contribution is 5.76. The molecule has 0 aliphatic carbocycles. The van der Waals surface area contributed by atoms with Crippen molar-refractivity contribution in [3.8, 4) is 0 Å². The molecule has 2 atom stereocenters. The summed E-state index contributed by atoms with van der Waals surface area (Å²) in [7, 11) is 0. The fourth-order valence-electron chi connectivity index (χ4n) is 3.74. The molecule has 2 aliphatic rings. The number of carbonyl (C=O) groups is 1. The van der Waals surface area contributed by atoms with Gasteiger partial charge in [-0.2, -0.15) is 5.10 Å². The number of fused-ring (bicyclic) bond motifs is 2. The van der Waals surface area contributed by atoms with Crippen LogP contribution in [0.4, 0.5) is 0 Å². The fraction of sp³-hybridized carbons (Fsp3) is 0.800. The van der Waals surface area contributed by atoms with E-state index >= 15 is 0 Å². The Morgan fingerprint density at radius 3 is 2.76 bits per heavy atom. The van der Waals surface area contributed by atoms with E-state index in [4.69, 9.17) is 0 Å². The van der Waals surface area contributed by atoms with Crippen LogP contribution in [0.1, 0.15) is 45.4 Å². The molecule has 0 aromatic carbocycles. The summed E-state index contributed by atoms with van der Waals surface area (Å²) in [5.41, 5.74) is 0. The molecule has 2 fully saturated rings. The summed E-state index contributed by atoms with van der Waals surface area (Å²) in [6.45, 7) is 3.64. The van der Waals surface area contributed by atoms with Crippen LogP contribution < -0.4 is 5.32 Å². The first kappa shape index (κ1) is 14.5. The number of nitrogens with zero attached hydrogens (tertiary/aromatic N) is 4. The van der Waals surface area contributed by atoms with Gasteiger partial charge in [-0.3, -0.25) is 9.48 Å². The maximum absolute atomic E-state index is 12.6. The first-order chi connectivity index (χ1) is 10.3. The molecule has 1 aromatic heterocycles. The molecule has 21 heavy (non-hydrogen) atoms. The Balaban J connectivity index is 1.59. The van der Waals surface area contributed by atoms with E-state index in [2.05, 4.69) is 27.2 Å². The number of hydrogen-bond donors (Lipinski definition) is 1. The van der Waals surface area contributed by atoms with Gasteiger partial charge in [0.1, 0.15) is 12.7 Å². The van der Waals surface area contributed by atoms with Crippen LogP contribution in [0.5, 0.6) is 0 Å². The molecule has 1 aromatic rings. The topological polar surface area (TPSA) is 63.1 Å². The minimum atomic E-state index is 0.263. The third-order valence-electron chi connectivity index (χ3n) is 4.70. The van der Waals surface area contributed by atoms with Gasteiger partial charge < -0.3 is 10.2 Å². The highest BCUT2D eigenvalue weighted by atomic mass is 16.2. The van der Waals surface area contributed by atoms with Gasteiger partial charge in [0.25, 0.3) is 0 Å². The van der Waals surface area contributed by atoms with Crippen LogP contribution in [-0.2, 0) is 11.3 Å². The normalized spacial score (nSPS) is 27.8. The summed E-state index contributed by atoms with van der Waals surface area (Å²) in [6.07, 6.45) is 9.50. The fourth-order valence-corrected chi connectivity index (χ4v) is 3.74. The van der Waals surface area contributed by atoms with E-state index in [1.807, 2.05) is 0 Å².